The largest absolute Gasteiger partial charge is 0.464 e. The van der Waals surface area contributed by atoms with Crippen molar-refractivity contribution in [2.24, 2.45) is 5.92 Å². The number of likely N-dealkylation sites (N-methyl/N-ethyl adjacent to an activating group) is 1. The Bertz CT molecular complexity index is 240. The number of aliphatic hydroxyl groups excluding tert-OH is 1. The third kappa shape index (κ3) is 4.18. The number of hydrogen-bond acceptors (Lipinski definition) is 4. The Hall–Kier alpha value is -1.10. The number of esters is 1. The van der Waals surface area contributed by atoms with Crippen molar-refractivity contribution in [2.45, 2.75) is 33.2 Å². The van der Waals surface area contributed by atoms with Gasteiger partial charge in [-0.05, 0) is 12.8 Å². The molecule has 0 unspecified atom stereocenters. The fraction of sp³-hybridized carbons (Fsp3) is 0.818. The van der Waals surface area contributed by atoms with E-state index in [2.05, 4.69) is 0 Å². The van der Waals surface area contributed by atoms with Gasteiger partial charge in [-0.1, -0.05) is 13.8 Å². The smallest absolute Gasteiger partial charge is 0.329 e. The lowest BCUT2D eigenvalue weighted by Crippen LogP contribution is -2.46. The predicted octanol–water partition coefficient (Wildman–Crippen LogP) is 0.415. The number of carbonyl (C=O) groups excluding carboxylic acids is 2. The predicted molar refractivity (Wildman–Crippen MR) is 59.7 cm³/mol. The second kappa shape index (κ2) is 7.22. The van der Waals surface area contributed by atoms with Gasteiger partial charge in [-0.15, -0.1) is 0 Å². The second-order valence-electron chi connectivity index (χ2n) is 3.92. The molecule has 16 heavy (non-hydrogen) atoms. The Kier molecular flexibility index (Phi) is 6.72. The first-order chi connectivity index (χ1) is 7.45. The molecular weight excluding hydrogens is 210 g/mol. The maximum absolute atomic E-state index is 11.7. The Morgan fingerprint density at radius 1 is 1.38 bits per heavy atom. The molecule has 0 heterocycles. The molecule has 0 saturated heterocycles. The van der Waals surface area contributed by atoms with Gasteiger partial charge >= 0.3 is 5.97 Å². The van der Waals surface area contributed by atoms with Crippen molar-refractivity contribution in [3.8, 4) is 0 Å². The van der Waals surface area contributed by atoms with Gasteiger partial charge in [0, 0.05) is 13.5 Å². The summed E-state index contributed by atoms with van der Waals surface area (Å²) in [5, 5.41) is 8.68. The van der Waals surface area contributed by atoms with Gasteiger partial charge < -0.3 is 14.7 Å². The van der Waals surface area contributed by atoms with E-state index in [4.69, 9.17) is 9.84 Å². The van der Waals surface area contributed by atoms with Crippen LogP contribution in [0.3, 0.4) is 0 Å². The minimum atomic E-state index is -0.584. The first kappa shape index (κ1) is 14.9. The van der Waals surface area contributed by atoms with Crippen LogP contribution in [-0.4, -0.2) is 48.2 Å². The molecule has 94 valence electrons. The van der Waals surface area contributed by atoms with Crippen LogP contribution < -0.4 is 0 Å². The SMILES string of the molecule is CCOC(=O)[C@@H](C(C)C)N(C)C(=O)CCO. The summed E-state index contributed by atoms with van der Waals surface area (Å²) in [6, 6.07) is -0.584. The average molecular weight is 231 g/mol. The van der Waals surface area contributed by atoms with Crippen molar-refractivity contribution in [2.75, 3.05) is 20.3 Å². The fourth-order valence-corrected chi connectivity index (χ4v) is 1.53. The first-order valence-corrected chi connectivity index (χ1v) is 5.48. The molecule has 0 fully saturated rings. The number of rotatable bonds is 6. The van der Waals surface area contributed by atoms with Crippen molar-refractivity contribution < 1.29 is 19.4 Å². The lowest BCUT2D eigenvalue weighted by atomic mass is 10.0. The molecule has 0 rings (SSSR count). The zero-order valence-corrected chi connectivity index (χ0v) is 10.4. The molecule has 0 aromatic carbocycles. The maximum Gasteiger partial charge on any atom is 0.329 e. The molecular formula is C11H21NO4. The van der Waals surface area contributed by atoms with E-state index in [1.807, 2.05) is 13.8 Å². The lowest BCUT2D eigenvalue weighted by molar-refractivity contribution is -0.156. The van der Waals surface area contributed by atoms with Crippen LogP contribution in [-0.2, 0) is 14.3 Å². The zero-order chi connectivity index (χ0) is 12.7. The van der Waals surface area contributed by atoms with Gasteiger partial charge in [0.2, 0.25) is 5.91 Å². The highest BCUT2D eigenvalue weighted by Gasteiger charge is 2.30. The highest BCUT2D eigenvalue weighted by molar-refractivity contribution is 5.84. The van der Waals surface area contributed by atoms with Crippen LogP contribution in [0.25, 0.3) is 0 Å². The molecule has 0 aromatic heterocycles. The van der Waals surface area contributed by atoms with Crippen molar-refractivity contribution in [3.63, 3.8) is 0 Å². The molecule has 0 spiro atoms. The molecule has 0 bridgehead atoms. The van der Waals surface area contributed by atoms with Crippen LogP contribution in [0, 0.1) is 5.92 Å². The topological polar surface area (TPSA) is 66.8 Å². The van der Waals surface area contributed by atoms with Crippen LogP contribution in [0.15, 0.2) is 0 Å². The molecule has 1 atom stereocenters. The Morgan fingerprint density at radius 2 is 1.94 bits per heavy atom. The van der Waals surface area contributed by atoms with Gasteiger partial charge in [-0.3, -0.25) is 4.79 Å². The van der Waals surface area contributed by atoms with E-state index in [1.54, 1.807) is 14.0 Å². The van der Waals surface area contributed by atoms with Gasteiger partial charge in [0.25, 0.3) is 0 Å². The molecule has 1 N–H and O–H groups in total. The quantitative estimate of drug-likeness (QED) is 0.673. The van der Waals surface area contributed by atoms with Gasteiger partial charge in [-0.25, -0.2) is 4.79 Å². The normalized spacial score (nSPS) is 12.4. The molecule has 0 aliphatic carbocycles. The third-order valence-electron chi connectivity index (χ3n) is 2.30. The van der Waals surface area contributed by atoms with E-state index in [9.17, 15) is 9.59 Å². The summed E-state index contributed by atoms with van der Waals surface area (Å²) in [5.74, 6) is -0.674. The summed E-state index contributed by atoms with van der Waals surface area (Å²) in [4.78, 5) is 24.6. The fourth-order valence-electron chi connectivity index (χ4n) is 1.53. The summed E-state index contributed by atoms with van der Waals surface area (Å²) in [6.07, 6.45) is 0.0269. The van der Waals surface area contributed by atoms with Crippen LogP contribution in [0.4, 0.5) is 0 Å². The first-order valence-electron chi connectivity index (χ1n) is 5.48. The van der Waals surface area contributed by atoms with Gasteiger partial charge in [0.05, 0.1) is 13.2 Å². The molecule has 0 radical (unpaired) electrons. The molecule has 0 aromatic rings. The van der Waals surface area contributed by atoms with E-state index in [1.165, 1.54) is 4.90 Å². The molecule has 1 amide bonds. The molecule has 5 nitrogen and oxygen atoms in total. The molecule has 0 aliphatic heterocycles. The third-order valence-corrected chi connectivity index (χ3v) is 2.30. The number of nitrogens with zero attached hydrogens (tertiary/aromatic N) is 1. The van der Waals surface area contributed by atoms with E-state index in [0.29, 0.717) is 6.61 Å². The highest BCUT2D eigenvalue weighted by Crippen LogP contribution is 2.12. The van der Waals surface area contributed by atoms with E-state index in [0.717, 1.165) is 0 Å². The zero-order valence-electron chi connectivity index (χ0n) is 10.4. The van der Waals surface area contributed by atoms with Crippen molar-refractivity contribution in [1.82, 2.24) is 4.90 Å². The summed E-state index contributed by atoms with van der Waals surface area (Å²) in [7, 11) is 1.56. The van der Waals surface area contributed by atoms with Crippen molar-refractivity contribution in [3.05, 3.63) is 0 Å². The van der Waals surface area contributed by atoms with E-state index >= 15 is 0 Å². The number of hydrogen-bond donors (Lipinski definition) is 1. The average Bonchev–Trinajstić information content (AvgIpc) is 2.17. The van der Waals surface area contributed by atoms with Crippen LogP contribution in [0.5, 0.6) is 0 Å². The second-order valence-corrected chi connectivity index (χ2v) is 3.92. The Balaban J connectivity index is 4.64. The number of ether oxygens (including phenoxy) is 1. The van der Waals surface area contributed by atoms with Crippen molar-refractivity contribution in [1.29, 1.82) is 0 Å². The van der Waals surface area contributed by atoms with E-state index < -0.39 is 12.0 Å². The minimum Gasteiger partial charge on any atom is -0.464 e. The number of carbonyl (C=O) groups is 2. The Morgan fingerprint density at radius 3 is 2.31 bits per heavy atom. The van der Waals surface area contributed by atoms with Gasteiger partial charge in [0.15, 0.2) is 0 Å². The molecule has 0 aliphatic rings. The molecule has 5 heteroatoms. The monoisotopic (exact) mass is 231 g/mol. The summed E-state index contributed by atoms with van der Waals surface area (Å²) < 4.78 is 4.92. The maximum atomic E-state index is 11.7. The Labute approximate surface area is 96.4 Å². The number of amides is 1. The standard InChI is InChI=1S/C11H21NO4/c1-5-16-11(15)10(8(2)3)12(4)9(14)6-7-13/h8,10,13H,5-7H2,1-4H3/t10-/m1/s1. The summed E-state index contributed by atoms with van der Waals surface area (Å²) >= 11 is 0. The molecule has 0 saturated carbocycles. The number of aliphatic hydroxyl groups is 1. The summed E-state index contributed by atoms with van der Waals surface area (Å²) in [6.45, 7) is 5.51. The van der Waals surface area contributed by atoms with E-state index in [-0.39, 0.29) is 24.9 Å². The van der Waals surface area contributed by atoms with Crippen molar-refractivity contribution >= 4 is 11.9 Å². The van der Waals surface area contributed by atoms with Gasteiger partial charge in [0.1, 0.15) is 6.04 Å². The summed E-state index contributed by atoms with van der Waals surface area (Å²) in [5.41, 5.74) is 0. The minimum absolute atomic E-state index is 0.0216. The van der Waals surface area contributed by atoms with Crippen LogP contribution in [0.1, 0.15) is 27.2 Å². The van der Waals surface area contributed by atoms with Gasteiger partial charge in [-0.2, -0.15) is 0 Å². The lowest BCUT2D eigenvalue weighted by Gasteiger charge is -2.29. The van der Waals surface area contributed by atoms with Crippen LogP contribution in [0.2, 0.25) is 0 Å². The van der Waals surface area contributed by atoms with Crippen LogP contribution >= 0.6 is 0 Å². The highest BCUT2D eigenvalue weighted by atomic mass is 16.5.